The second kappa shape index (κ2) is 10.2. The molecule has 0 saturated carbocycles. The van der Waals surface area contributed by atoms with Crippen molar-refractivity contribution in [2.45, 2.75) is 59.0 Å². The van der Waals surface area contributed by atoms with E-state index < -0.39 is 0 Å². The zero-order chi connectivity index (χ0) is 22.5. The van der Waals surface area contributed by atoms with Gasteiger partial charge < -0.3 is 19.4 Å². The second-order valence-corrected chi connectivity index (χ2v) is 8.57. The van der Waals surface area contributed by atoms with Crippen LogP contribution in [0.2, 0.25) is 0 Å². The zero-order valence-electron chi connectivity index (χ0n) is 19.3. The van der Waals surface area contributed by atoms with E-state index in [1.807, 2.05) is 37.3 Å². The van der Waals surface area contributed by atoms with Crippen molar-refractivity contribution in [1.29, 1.82) is 0 Å². The summed E-state index contributed by atoms with van der Waals surface area (Å²) in [6.45, 7) is 9.14. The minimum Gasteiger partial charge on any atom is -0.490 e. The van der Waals surface area contributed by atoms with Crippen LogP contribution in [0, 0.1) is 6.92 Å². The van der Waals surface area contributed by atoms with Crippen LogP contribution in [0.3, 0.4) is 0 Å². The summed E-state index contributed by atoms with van der Waals surface area (Å²) in [7, 11) is 0. The maximum atomic E-state index is 12.5. The number of para-hydroxylation sites is 2. The van der Waals surface area contributed by atoms with E-state index in [9.17, 15) is 4.79 Å². The molecule has 1 unspecified atom stereocenters. The molecule has 32 heavy (non-hydrogen) atoms. The number of aryl methyl sites for hydroxylation is 3. The molecule has 1 N–H and O–H groups in total. The fraction of sp³-hybridized carbons (Fsp3) is 0.462. The van der Waals surface area contributed by atoms with Gasteiger partial charge in [0, 0.05) is 19.1 Å². The highest BCUT2D eigenvalue weighted by Crippen LogP contribution is 2.27. The van der Waals surface area contributed by atoms with Crippen LogP contribution in [-0.4, -0.2) is 35.4 Å². The normalized spacial score (nSPS) is 13.5. The Balaban J connectivity index is 1.32. The van der Waals surface area contributed by atoms with E-state index in [1.165, 1.54) is 11.1 Å². The lowest BCUT2D eigenvalue weighted by atomic mass is 10.0. The zero-order valence-corrected chi connectivity index (χ0v) is 19.3. The lowest BCUT2D eigenvalue weighted by molar-refractivity contribution is 0.262. The Morgan fingerprint density at radius 1 is 1.16 bits per heavy atom. The topological polar surface area (TPSA) is 65.4 Å². The highest BCUT2D eigenvalue weighted by atomic mass is 16.5. The molecule has 0 amide bonds. The lowest BCUT2D eigenvalue weighted by Gasteiger charge is -2.16. The van der Waals surface area contributed by atoms with E-state index in [0.29, 0.717) is 13.2 Å². The van der Waals surface area contributed by atoms with Crippen molar-refractivity contribution in [1.82, 2.24) is 14.9 Å². The SMILES string of the molecule is CCCCOc1ccccc1OCCNC(C)Cc1cc2c3c(c1)c(=O)nc(C)n3CC2. The first-order valence-corrected chi connectivity index (χ1v) is 11.7. The fourth-order valence-electron chi connectivity index (χ4n) is 4.39. The average molecular weight is 436 g/mol. The van der Waals surface area contributed by atoms with Crippen LogP contribution in [-0.2, 0) is 19.4 Å². The predicted molar refractivity (Wildman–Crippen MR) is 128 cm³/mol. The van der Waals surface area contributed by atoms with Gasteiger partial charge in [-0.3, -0.25) is 4.79 Å². The maximum absolute atomic E-state index is 12.5. The summed E-state index contributed by atoms with van der Waals surface area (Å²) in [5.74, 6) is 2.40. The number of unbranched alkanes of at least 4 members (excludes halogenated alkanes) is 1. The molecule has 170 valence electrons. The number of nitrogens with zero attached hydrogens (tertiary/aromatic N) is 2. The molecule has 0 bridgehead atoms. The third kappa shape index (κ3) is 4.96. The Kier molecular flexibility index (Phi) is 7.10. The van der Waals surface area contributed by atoms with Crippen molar-refractivity contribution in [3.8, 4) is 11.5 Å². The molecule has 2 aromatic carbocycles. The number of hydrogen-bond donors (Lipinski definition) is 1. The minimum atomic E-state index is -0.118. The molecule has 6 nitrogen and oxygen atoms in total. The highest BCUT2D eigenvalue weighted by Gasteiger charge is 2.19. The van der Waals surface area contributed by atoms with Crippen LogP contribution in [0.4, 0.5) is 0 Å². The van der Waals surface area contributed by atoms with Gasteiger partial charge in [-0.2, -0.15) is 4.98 Å². The van der Waals surface area contributed by atoms with Crippen LogP contribution >= 0.6 is 0 Å². The Morgan fingerprint density at radius 3 is 2.66 bits per heavy atom. The van der Waals surface area contributed by atoms with Gasteiger partial charge in [-0.25, -0.2) is 0 Å². The van der Waals surface area contributed by atoms with E-state index in [1.54, 1.807) is 0 Å². The van der Waals surface area contributed by atoms with Crippen molar-refractivity contribution in [3.05, 3.63) is 63.7 Å². The maximum Gasteiger partial charge on any atom is 0.280 e. The van der Waals surface area contributed by atoms with Crippen LogP contribution in [0.25, 0.3) is 10.9 Å². The largest absolute Gasteiger partial charge is 0.490 e. The molecule has 0 saturated heterocycles. The molecule has 2 heterocycles. The Morgan fingerprint density at radius 2 is 1.91 bits per heavy atom. The van der Waals surface area contributed by atoms with E-state index in [2.05, 4.69) is 34.8 Å². The van der Waals surface area contributed by atoms with E-state index in [4.69, 9.17) is 9.47 Å². The number of benzene rings is 2. The van der Waals surface area contributed by atoms with E-state index >= 15 is 0 Å². The first-order chi connectivity index (χ1) is 15.6. The van der Waals surface area contributed by atoms with Crippen LogP contribution in [0.5, 0.6) is 11.5 Å². The summed E-state index contributed by atoms with van der Waals surface area (Å²) in [5, 5.41) is 4.28. The summed E-state index contributed by atoms with van der Waals surface area (Å²) >= 11 is 0. The third-order valence-corrected chi connectivity index (χ3v) is 6.01. The molecule has 1 aliphatic heterocycles. The van der Waals surface area contributed by atoms with Gasteiger partial charge in [-0.1, -0.05) is 31.5 Å². The molecule has 4 rings (SSSR count). The first-order valence-electron chi connectivity index (χ1n) is 11.7. The summed E-state index contributed by atoms with van der Waals surface area (Å²) in [6, 6.07) is 12.4. The molecule has 0 aliphatic carbocycles. The standard InChI is InChI=1S/C26H33N3O3/c1-4-5-13-31-23-8-6-7-9-24(23)32-14-11-27-18(2)15-20-16-21-10-12-29-19(3)28-26(30)22(17-20)25(21)29/h6-9,16-18,27H,4-5,10-15H2,1-3H3. The summed E-state index contributed by atoms with van der Waals surface area (Å²) < 4.78 is 14.0. The smallest absolute Gasteiger partial charge is 0.280 e. The van der Waals surface area contributed by atoms with Crippen LogP contribution in [0.15, 0.2) is 41.2 Å². The number of rotatable bonds is 11. The molecule has 1 aliphatic rings. The number of hydrogen-bond acceptors (Lipinski definition) is 5. The molecule has 1 atom stereocenters. The van der Waals surface area contributed by atoms with E-state index in [-0.39, 0.29) is 11.6 Å². The Hall–Kier alpha value is -2.86. The number of ether oxygens (including phenoxy) is 2. The van der Waals surface area contributed by atoms with Gasteiger partial charge in [0.2, 0.25) is 0 Å². The molecular formula is C26H33N3O3. The van der Waals surface area contributed by atoms with Gasteiger partial charge in [-0.15, -0.1) is 0 Å². The molecule has 0 spiro atoms. The Labute approximate surface area is 189 Å². The number of nitrogens with one attached hydrogen (secondary N) is 1. The predicted octanol–water partition coefficient (Wildman–Crippen LogP) is 4.04. The van der Waals surface area contributed by atoms with E-state index in [0.717, 1.165) is 67.0 Å². The van der Waals surface area contributed by atoms with Gasteiger partial charge in [0.15, 0.2) is 11.5 Å². The second-order valence-electron chi connectivity index (χ2n) is 8.57. The van der Waals surface area contributed by atoms with Crippen LogP contribution in [0.1, 0.15) is 43.6 Å². The fourth-order valence-corrected chi connectivity index (χ4v) is 4.39. The highest BCUT2D eigenvalue weighted by molar-refractivity contribution is 5.83. The first kappa shape index (κ1) is 22.3. The average Bonchev–Trinajstić information content (AvgIpc) is 3.21. The van der Waals surface area contributed by atoms with Crippen molar-refractivity contribution >= 4 is 10.9 Å². The Bertz CT molecular complexity index is 1140. The monoisotopic (exact) mass is 435 g/mol. The third-order valence-electron chi connectivity index (χ3n) is 6.01. The lowest BCUT2D eigenvalue weighted by Crippen LogP contribution is -2.32. The molecule has 6 heteroatoms. The number of aromatic nitrogens is 2. The van der Waals surface area contributed by atoms with Gasteiger partial charge in [0.25, 0.3) is 5.56 Å². The van der Waals surface area contributed by atoms with Crippen molar-refractivity contribution < 1.29 is 9.47 Å². The molecule has 1 aromatic heterocycles. The summed E-state index contributed by atoms with van der Waals surface area (Å²) in [6.07, 6.45) is 3.96. The van der Waals surface area contributed by atoms with Crippen molar-refractivity contribution in [3.63, 3.8) is 0 Å². The summed E-state index contributed by atoms with van der Waals surface area (Å²) in [5.41, 5.74) is 3.39. The van der Waals surface area contributed by atoms with Crippen LogP contribution < -0.4 is 20.3 Å². The van der Waals surface area contributed by atoms with Gasteiger partial charge >= 0.3 is 0 Å². The molecule has 0 fully saturated rings. The minimum absolute atomic E-state index is 0.118. The van der Waals surface area contributed by atoms with Gasteiger partial charge in [-0.05, 0) is 62.4 Å². The molecule has 3 aromatic rings. The van der Waals surface area contributed by atoms with Gasteiger partial charge in [0.05, 0.1) is 17.5 Å². The van der Waals surface area contributed by atoms with Crippen molar-refractivity contribution in [2.24, 2.45) is 0 Å². The molecular weight excluding hydrogens is 402 g/mol. The summed E-state index contributed by atoms with van der Waals surface area (Å²) in [4.78, 5) is 16.7. The van der Waals surface area contributed by atoms with Gasteiger partial charge in [0.1, 0.15) is 12.4 Å². The quantitative estimate of drug-likeness (QED) is 0.461. The molecule has 0 radical (unpaired) electrons. The van der Waals surface area contributed by atoms with Crippen molar-refractivity contribution in [2.75, 3.05) is 19.8 Å².